The quantitative estimate of drug-likeness (QED) is 0.294. The zero-order chi connectivity index (χ0) is 23.1. The minimum absolute atomic E-state index is 0.181. The molecule has 1 aliphatic carbocycles. The molecule has 0 radical (unpaired) electrons. The Morgan fingerprint density at radius 2 is 1.88 bits per heavy atom. The summed E-state index contributed by atoms with van der Waals surface area (Å²) in [6, 6.07) is 9.77. The normalized spacial score (nSPS) is 12.8. The molecule has 0 spiro atoms. The smallest absolute Gasteiger partial charge is 0.310 e. The second kappa shape index (κ2) is 11.4. The number of benzene rings is 2. The first-order valence-electron chi connectivity index (χ1n) is 11.2. The van der Waals surface area contributed by atoms with Crippen LogP contribution in [0.4, 0.5) is 0 Å². The molecule has 0 N–H and O–H groups in total. The molecular formula is C26H31BrO5. The van der Waals surface area contributed by atoms with Gasteiger partial charge in [0, 0.05) is 21.0 Å². The molecule has 0 amide bonds. The molecule has 1 aromatic heterocycles. The Kier molecular flexibility index (Phi) is 8.62. The average Bonchev–Trinajstić information content (AvgIpc) is 3.52. The van der Waals surface area contributed by atoms with E-state index in [4.69, 9.17) is 18.6 Å². The lowest BCUT2D eigenvalue weighted by Crippen LogP contribution is -2.09. The van der Waals surface area contributed by atoms with E-state index in [9.17, 15) is 4.79 Å². The molecular weight excluding hydrogens is 472 g/mol. The van der Waals surface area contributed by atoms with E-state index < -0.39 is 0 Å². The van der Waals surface area contributed by atoms with E-state index in [1.807, 2.05) is 51.1 Å². The van der Waals surface area contributed by atoms with E-state index in [1.54, 1.807) is 13.2 Å². The fourth-order valence-electron chi connectivity index (χ4n) is 3.30. The van der Waals surface area contributed by atoms with Crippen molar-refractivity contribution in [2.75, 3.05) is 13.2 Å². The number of carbonyl (C=O) groups excluding carboxylic acids is 1. The summed E-state index contributed by atoms with van der Waals surface area (Å²) in [4.78, 5) is 11.9. The fraction of sp³-hybridized carbons (Fsp3) is 0.423. The van der Waals surface area contributed by atoms with Gasteiger partial charge in [0.05, 0.1) is 25.9 Å². The maximum Gasteiger partial charge on any atom is 0.310 e. The third kappa shape index (κ3) is 6.28. The molecule has 1 saturated carbocycles. The van der Waals surface area contributed by atoms with Gasteiger partial charge in [-0.15, -0.1) is 0 Å². The van der Waals surface area contributed by atoms with Crippen LogP contribution >= 0.6 is 15.9 Å². The molecule has 0 saturated heterocycles. The predicted octanol–water partition coefficient (Wildman–Crippen LogP) is 7.00. The van der Waals surface area contributed by atoms with Gasteiger partial charge in [-0.2, -0.15) is 0 Å². The van der Waals surface area contributed by atoms with Gasteiger partial charge in [-0.05, 0) is 56.4 Å². The van der Waals surface area contributed by atoms with Crippen LogP contribution in [0.25, 0.3) is 11.0 Å². The third-order valence-electron chi connectivity index (χ3n) is 5.10. The first-order valence-corrected chi connectivity index (χ1v) is 12.0. The predicted molar refractivity (Wildman–Crippen MR) is 129 cm³/mol. The molecule has 5 nitrogen and oxygen atoms in total. The minimum atomic E-state index is -0.263. The maximum absolute atomic E-state index is 11.9. The lowest BCUT2D eigenvalue weighted by atomic mass is 10.1. The summed E-state index contributed by atoms with van der Waals surface area (Å²) in [6.45, 7) is 9.20. The van der Waals surface area contributed by atoms with Crippen molar-refractivity contribution in [1.29, 1.82) is 0 Å². The zero-order valence-corrected chi connectivity index (χ0v) is 20.8. The van der Waals surface area contributed by atoms with Crippen LogP contribution in [0, 0.1) is 12.8 Å². The SMILES string of the molecule is CC.CCOC(=O)Cc1ccc(C)cc1OCc1coc2c(OCC3CC3)cc(Br)cc12. The van der Waals surface area contributed by atoms with Crippen molar-refractivity contribution < 1.29 is 23.4 Å². The van der Waals surface area contributed by atoms with Crippen LogP contribution in [0.15, 0.2) is 45.5 Å². The Bertz CT molecular complexity index is 1050. The van der Waals surface area contributed by atoms with E-state index in [1.165, 1.54) is 12.8 Å². The first-order chi connectivity index (χ1) is 15.5. The number of hydrogen-bond donors (Lipinski definition) is 0. The van der Waals surface area contributed by atoms with E-state index in [0.717, 1.165) is 44.5 Å². The van der Waals surface area contributed by atoms with Crippen LogP contribution in [-0.4, -0.2) is 19.2 Å². The molecule has 1 aliphatic rings. The van der Waals surface area contributed by atoms with Gasteiger partial charge >= 0.3 is 5.97 Å². The monoisotopic (exact) mass is 502 g/mol. The highest BCUT2D eigenvalue weighted by atomic mass is 79.9. The summed E-state index contributed by atoms with van der Waals surface area (Å²) >= 11 is 3.57. The van der Waals surface area contributed by atoms with Crippen molar-refractivity contribution >= 4 is 32.9 Å². The van der Waals surface area contributed by atoms with Crippen molar-refractivity contribution in [1.82, 2.24) is 0 Å². The molecule has 2 aromatic carbocycles. The van der Waals surface area contributed by atoms with Crippen LogP contribution < -0.4 is 9.47 Å². The summed E-state index contributed by atoms with van der Waals surface area (Å²) in [5.74, 6) is 1.82. The number of aryl methyl sites for hydroxylation is 1. The maximum atomic E-state index is 11.9. The van der Waals surface area contributed by atoms with Crippen LogP contribution in [0.1, 0.15) is 50.3 Å². The topological polar surface area (TPSA) is 57.9 Å². The largest absolute Gasteiger partial charge is 0.489 e. The summed E-state index contributed by atoms with van der Waals surface area (Å²) in [6.07, 6.45) is 4.36. The van der Waals surface area contributed by atoms with Gasteiger partial charge < -0.3 is 18.6 Å². The van der Waals surface area contributed by atoms with E-state index in [0.29, 0.717) is 24.9 Å². The van der Waals surface area contributed by atoms with E-state index in [2.05, 4.69) is 15.9 Å². The number of ether oxygens (including phenoxy) is 3. The number of carbonyl (C=O) groups is 1. The van der Waals surface area contributed by atoms with Gasteiger partial charge in [-0.3, -0.25) is 4.79 Å². The van der Waals surface area contributed by atoms with Crippen molar-refractivity contribution in [3.8, 4) is 11.5 Å². The molecule has 0 aliphatic heterocycles. The van der Waals surface area contributed by atoms with Crippen molar-refractivity contribution in [3.63, 3.8) is 0 Å². The zero-order valence-electron chi connectivity index (χ0n) is 19.2. The summed E-state index contributed by atoms with van der Waals surface area (Å²) in [7, 11) is 0. The Labute approximate surface area is 198 Å². The van der Waals surface area contributed by atoms with Gasteiger partial charge in [-0.25, -0.2) is 0 Å². The van der Waals surface area contributed by atoms with Gasteiger partial charge in [0.2, 0.25) is 0 Å². The average molecular weight is 503 g/mol. The Morgan fingerprint density at radius 1 is 1.09 bits per heavy atom. The molecule has 0 bridgehead atoms. The van der Waals surface area contributed by atoms with Crippen molar-refractivity contribution in [3.05, 3.63) is 57.8 Å². The number of halogens is 1. The molecule has 6 heteroatoms. The van der Waals surface area contributed by atoms with Gasteiger partial charge in [0.25, 0.3) is 0 Å². The molecule has 0 atom stereocenters. The Balaban J connectivity index is 0.00000141. The molecule has 1 fully saturated rings. The molecule has 1 heterocycles. The van der Waals surface area contributed by atoms with E-state index in [-0.39, 0.29) is 12.4 Å². The number of hydrogen-bond acceptors (Lipinski definition) is 5. The highest BCUT2D eigenvalue weighted by Gasteiger charge is 2.23. The summed E-state index contributed by atoms with van der Waals surface area (Å²) < 4.78 is 23.9. The van der Waals surface area contributed by atoms with Crippen LogP contribution in [-0.2, 0) is 22.6 Å². The molecule has 4 rings (SSSR count). The Morgan fingerprint density at radius 3 is 2.59 bits per heavy atom. The summed E-state index contributed by atoms with van der Waals surface area (Å²) in [5, 5.41) is 0.953. The second-order valence-electron chi connectivity index (χ2n) is 7.68. The first kappa shape index (κ1) is 24.2. The number of esters is 1. The molecule has 3 aromatic rings. The van der Waals surface area contributed by atoms with Gasteiger partial charge in [0.15, 0.2) is 11.3 Å². The standard InChI is InChI=1S/C24H25BrO5.C2H6/c1-3-27-23(26)9-17-7-4-15(2)8-21(17)29-13-18-14-30-24-20(18)10-19(25)11-22(24)28-12-16-5-6-16;1-2/h4,7-8,10-11,14,16H,3,5-6,9,12-13H2,1-2H3;1-2H3. The molecule has 0 unspecified atom stereocenters. The second-order valence-corrected chi connectivity index (χ2v) is 8.59. The molecule has 172 valence electrons. The number of rotatable bonds is 9. The van der Waals surface area contributed by atoms with Crippen LogP contribution in [0.3, 0.4) is 0 Å². The minimum Gasteiger partial charge on any atom is -0.489 e. The lowest BCUT2D eigenvalue weighted by molar-refractivity contribution is -0.142. The van der Waals surface area contributed by atoms with Crippen LogP contribution in [0.2, 0.25) is 0 Å². The van der Waals surface area contributed by atoms with Gasteiger partial charge in [-0.1, -0.05) is 41.9 Å². The third-order valence-corrected chi connectivity index (χ3v) is 5.56. The van der Waals surface area contributed by atoms with E-state index >= 15 is 0 Å². The van der Waals surface area contributed by atoms with Crippen molar-refractivity contribution in [2.45, 2.75) is 53.6 Å². The van der Waals surface area contributed by atoms with Crippen molar-refractivity contribution in [2.24, 2.45) is 5.92 Å². The molecule has 32 heavy (non-hydrogen) atoms. The lowest BCUT2D eigenvalue weighted by Gasteiger charge is -2.12. The Hall–Kier alpha value is -2.47. The number of fused-ring (bicyclic) bond motifs is 1. The van der Waals surface area contributed by atoms with Crippen LogP contribution in [0.5, 0.6) is 11.5 Å². The summed E-state index contributed by atoms with van der Waals surface area (Å²) in [5.41, 5.74) is 3.52. The highest BCUT2D eigenvalue weighted by molar-refractivity contribution is 9.10. The fourth-order valence-corrected chi connectivity index (χ4v) is 3.74. The van der Waals surface area contributed by atoms with Gasteiger partial charge in [0.1, 0.15) is 12.4 Å². The highest BCUT2D eigenvalue weighted by Crippen LogP contribution is 2.36. The number of furan rings is 1.